The third-order valence-corrected chi connectivity index (χ3v) is 13.4. The zero-order valence-corrected chi connectivity index (χ0v) is 34.2. The molecule has 0 spiro atoms. The first-order valence-corrected chi connectivity index (χ1v) is 22.2. The van der Waals surface area contributed by atoms with Gasteiger partial charge in [-0.05, 0) is 117 Å². The van der Waals surface area contributed by atoms with Crippen molar-refractivity contribution in [3.8, 4) is 0 Å². The number of rotatable bonds is 14. The first kappa shape index (κ1) is 39.0. The summed E-state index contributed by atoms with van der Waals surface area (Å²) in [5.41, 5.74) is 5.19. The van der Waals surface area contributed by atoms with Gasteiger partial charge in [-0.15, -0.1) is 23.5 Å². The van der Waals surface area contributed by atoms with Crippen molar-refractivity contribution in [2.75, 3.05) is 86.8 Å². The van der Waals surface area contributed by atoms with Gasteiger partial charge in [-0.25, -0.2) is 0 Å². The van der Waals surface area contributed by atoms with E-state index in [0.29, 0.717) is 0 Å². The maximum Gasteiger partial charge on any atom is 0.0541 e. The highest BCUT2D eigenvalue weighted by atomic mass is 35.5. The Kier molecular flexibility index (Phi) is 14.5. The summed E-state index contributed by atoms with van der Waals surface area (Å²) in [4.78, 5) is 19.4. The van der Waals surface area contributed by atoms with Gasteiger partial charge in [0, 0.05) is 113 Å². The van der Waals surface area contributed by atoms with Crippen LogP contribution in [0.3, 0.4) is 0 Å². The highest BCUT2D eigenvalue weighted by Crippen LogP contribution is 2.30. The molecule has 8 rings (SSSR count). The second-order valence-electron chi connectivity index (χ2n) is 14.1. The number of aromatic nitrogens is 2. The number of piperazine rings is 2. The van der Waals surface area contributed by atoms with Crippen LogP contribution in [0.2, 0.25) is 10.0 Å². The Morgan fingerprint density at radius 1 is 0.519 bits per heavy atom. The Bertz CT molecular complexity index is 2030. The Morgan fingerprint density at radius 2 is 1.06 bits per heavy atom. The Balaban J connectivity index is 0.000000167. The van der Waals surface area contributed by atoms with Crippen LogP contribution < -0.4 is 9.80 Å². The lowest BCUT2D eigenvalue weighted by molar-refractivity contribution is 0.254. The standard InChI is InChI=1S/2C22H26ClN3S/c23-18-5-3-6-19(17-18)27-16-2-1-11-25-12-14-26(15-13-25)22-8-4-7-21-20(22)9-10-24-21;23-19-6-1-2-9-22(19)27-17-4-3-12-25-13-15-26(16-14-25)21-8-5-7-20-18(21)10-11-24-20/h3-10,17,24H,1-2,11-16H2;1-2,5-11,24H,3-4,12-17H2. The predicted octanol–water partition coefficient (Wildman–Crippen LogP) is 11.0. The van der Waals surface area contributed by atoms with E-state index in [1.165, 1.54) is 81.7 Å². The van der Waals surface area contributed by atoms with Crippen LogP contribution in [0, 0.1) is 0 Å². The van der Waals surface area contributed by atoms with Crippen LogP contribution >= 0.6 is 46.7 Å². The van der Waals surface area contributed by atoms with E-state index < -0.39 is 0 Å². The summed E-state index contributed by atoms with van der Waals surface area (Å²) in [6, 6.07) is 33.7. The molecule has 0 atom stereocenters. The highest BCUT2D eigenvalue weighted by molar-refractivity contribution is 7.99. The second-order valence-corrected chi connectivity index (χ2v) is 17.2. The number of hydrogen-bond acceptors (Lipinski definition) is 6. The molecule has 0 saturated carbocycles. The number of H-pyrrole nitrogens is 2. The number of aromatic amines is 2. The van der Waals surface area contributed by atoms with E-state index in [4.69, 9.17) is 23.2 Å². The van der Waals surface area contributed by atoms with E-state index >= 15 is 0 Å². The Hall–Kier alpha value is -3.24. The van der Waals surface area contributed by atoms with Gasteiger partial charge in [0.15, 0.2) is 0 Å². The molecule has 2 aromatic heterocycles. The third kappa shape index (κ3) is 10.7. The smallest absolute Gasteiger partial charge is 0.0541 e. The summed E-state index contributed by atoms with van der Waals surface area (Å²) in [5, 5.41) is 4.37. The van der Waals surface area contributed by atoms with Crippen LogP contribution in [0.5, 0.6) is 0 Å². The van der Waals surface area contributed by atoms with Crippen LogP contribution in [0.1, 0.15) is 25.7 Å². The van der Waals surface area contributed by atoms with Gasteiger partial charge in [0.1, 0.15) is 0 Å². The summed E-state index contributed by atoms with van der Waals surface area (Å²) in [7, 11) is 0. The minimum atomic E-state index is 0.827. The predicted molar refractivity (Wildman–Crippen MR) is 237 cm³/mol. The molecule has 284 valence electrons. The molecule has 0 amide bonds. The Morgan fingerprint density at radius 3 is 1.61 bits per heavy atom. The van der Waals surface area contributed by atoms with Gasteiger partial charge in [-0.1, -0.05) is 53.5 Å². The molecule has 0 unspecified atom stereocenters. The fourth-order valence-corrected chi connectivity index (χ4v) is 9.95. The average Bonchev–Trinajstić information content (AvgIpc) is 3.90. The van der Waals surface area contributed by atoms with E-state index in [2.05, 4.69) is 102 Å². The van der Waals surface area contributed by atoms with Crippen molar-refractivity contribution in [3.63, 3.8) is 0 Å². The molecular weight excluding hydrogens is 748 g/mol. The van der Waals surface area contributed by atoms with Crippen molar-refractivity contribution in [1.29, 1.82) is 0 Å². The number of thioether (sulfide) groups is 2. The largest absolute Gasteiger partial charge is 0.368 e. The monoisotopic (exact) mass is 798 g/mol. The molecule has 2 N–H and O–H groups in total. The molecule has 2 saturated heterocycles. The van der Waals surface area contributed by atoms with Gasteiger partial charge < -0.3 is 19.8 Å². The number of hydrogen-bond donors (Lipinski definition) is 2. The second kappa shape index (κ2) is 20.1. The Labute approximate surface area is 339 Å². The summed E-state index contributed by atoms with van der Waals surface area (Å²) in [6.45, 7) is 11.5. The van der Waals surface area contributed by atoms with Gasteiger partial charge in [0.25, 0.3) is 0 Å². The number of nitrogens with zero attached hydrogens (tertiary/aromatic N) is 4. The lowest BCUT2D eigenvalue weighted by atomic mass is 10.1. The van der Waals surface area contributed by atoms with Crippen molar-refractivity contribution in [1.82, 2.24) is 19.8 Å². The maximum atomic E-state index is 6.22. The van der Waals surface area contributed by atoms with E-state index in [1.807, 2.05) is 60.2 Å². The van der Waals surface area contributed by atoms with E-state index in [0.717, 1.165) is 73.9 Å². The number of nitrogens with one attached hydrogen (secondary N) is 2. The van der Waals surface area contributed by atoms with Gasteiger partial charge >= 0.3 is 0 Å². The minimum absolute atomic E-state index is 0.827. The molecule has 4 aromatic carbocycles. The molecular formula is C44H52Cl2N6S2. The first-order valence-electron chi connectivity index (χ1n) is 19.4. The van der Waals surface area contributed by atoms with Crippen molar-refractivity contribution in [2.45, 2.75) is 35.5 Å². The molecule has 0 bridgehead atoms. The number of anilines is 2. The fourth-order valence-electron chi connectivity index (χ4n) is 7.48. The fraction of sp³-hybridized carbons (Fsp3) is 0.364. The third-order valence-electron chi connectivity index (χ3n) is 10.5. The molecule has 54 heavy (non-hydrogen) atoms. The summed E-state index contributed by atoms with van der Waals surface area (Å²) < 4.78 is 0. The number of halogens is 2. The number of fused-ring (bicyclic) bond motifs is 2. The highest BCUT2D eigenvalue weighted by Gasteiger charge is 2.20. The summed E-state index contributed by atoms with van der Waals surface area (Å²) in [5.74, 6) is 2.30. The van der Waals surface area contributed by atoms with Crippen molar-refractivity contribution in [3.05, 3.63) is 120 Å². The molecule has 0 aliphatic carbocycles. The summed E-state index contributed by atoms with van der Waals surface area (Å²) >= 11 is 16.0. The van der Waals surface area contributed by atoms with E-state index in [1.54, 1.807) is 0 Å². The molecule has 2 aliphatic heterocycles. The number of benzene rings is 4. The normalized spacial score (nSPS) is 15.5. The van der Waals surface area contributed by atoms with Crippen LogP contribution in [0.4, 0.5) is 11.4 Å². The zero-order valence-electron chi connectivity index (χ0n) is 31.1. The molecule has 6 nitrogen and oxygen atoms in total. The molecule has 10 heteroatoms. The van der Waals surface area contributed by atoms with Gasteiger partial charge in [-0.2, -0.15) is 0 Å². The lowest BCUT2D eigenvalue weighted by Crippen LogP contribution is -2.46. The molecule has 0 radical (unpaired) electrons. The first-order chi connectivity index (χ1) is 26.6. The van der Waals surface area contributed by atoms with Crippen molar-refractivity contribution in [2.24, 2.45) is 0 Å². The number of unbranched alkanes of at least 4 members (excludes halogenated alkanes) is 2. The van der Waals surface area contributed by atoms with Crippen LogP contribution in [0.15, 0.2) is 119 Å². The quantitative estimate of drug-likeness (QED) is 0.0845. The van der Waals surface area contributed by atoms with Gasteiger partial charge in [-0.3, -0.25) is 9.80 Å². The minimum Gasteiger partial charge on any atom is -0.368 e. The topological polar surface area (TPSA) is 44.5 Å². The van der Waals surface area contributed by atoms with E-state index in [9.17, 15) is 0 Å². The molecule has 2 fully saturated rings. The van der Waals surface area contributed by atoms with Crippen LogP contribution in [-0.4, -0.2) is 96.7 Å². The van der Waals surface area contributed by atoms with Gasteiger partial charge in [0.2, 0.25) is 0 Å². The molecule has 4 heterocycles. The summed E-state index contributed by atoms with van der Waals surface area (Å²) in [6.07, 6.45) is 9.07. The van der Waals surface area contributed by atoms with E-state index in [-0.39, 0.29) is 0 Å². The molecule has 2 aliphatic rings. The van der Waals surface area contributed by atoms with Crippen LogP contribution in [-0.2, 0) is 0 Å². The maximum absolute atomic E-state index is 6.22. The van der Waals surface area contributed by atoms with Gasteiger partial charge in [0.05, 0.1) is 5.02 Å². The van der Waals surface area contributed by atoms with Crippen molar-refractivity contribution >= 4 is 79.9 Å². The lowest BCUT2D eigenvalue weighted by Gasteiger charge is -2.36. The van der Waals surface area contributed by atoms with Crippen LogP contribution in [0.25, 0.3) is 21.8 Å². The average molecular weight is 800 g/mol. The molecule has 6 aromatic rings. The van der Waals surface area contributed by atoms with Crippen molar-refractivity contribution < 1.29 is 0 Å². The zero-order chi connectivity index (χ0) is 37.0. The SMILES string of the molecule is Clc1cccc(SCCCCN2CCN(c3cccc4[nH]ccc34)CC2)c1.Clc1ccccc1SCCCCN1CCN(c2cccc3[nH]ccc23)CC1.